The Balaban J connectivity index is 1.38. The van der Waals surface area contributed by atoms with Crippen LogP contribution in [0.25, 0.3) is 0 Å². The average Bonchev–Trinajstić information content (AvgIpc) is 3.11. The molecular weight excluding hydrogens is 314 g/mol. The normalized spacial score (nSPS) is 21.3. The van der Waals surface area contributed by atoms with Gasteiger partial charge >= 0.3 is 0 Å². The number of hydrogen-bond acceptors (Lipinski definition) is 4. The molecule has 1 unspecified atom stereocenters. The summed E-state index contributed by atoms with van der Waals surface area (Å²) in [5.41, 5.74) is 3.52. The highest BCUT2D eigenvalue weighted by Crippen LogP contribution is 2.29. The van der Waals surface area contributed by atoms with Crippen molar-refractivity contribution in [1.82, 2.24) is 20.1 Å². The fraction of sp³-hybridized carbons (Fsp3) is 0.526. The number of amides is 1. The van der Waals surface area contributed by atoms with Gasteiger partial charge in [0.1, 0.15) is 5.82 Å². The summed E-state index contributed by atoms with van der Waals surface area (Å²) in [6, 6.07) is 4.17. The molecule has 2 aliphatic rings. The van der Waals surface area contributed by atoms with Crippen LogP contribution in [0.15, 0.2) is 24.5 Å². The number of aromatic nitrogens is 3. The van der Waals surface area contributed by atoms with E-state index in [4.69, 9.17) is 0 Å². The van der Waals surface area contributed by atoms with Crippen LogP contribution in [-0.2, 0) is 11.3 Å². The van der Waals surface area contributed by atoms with E-state index in [1.165, 1.54) is 11.3 Å². The molecule has 4 rings (SSSR count). The molecule has 4 heterocycles. The Bertz CT molecular complexity index is 745. The number of aromatic amines is 1. The van der Waals surface area contributed by atoms with E-state index in [2.05, 4.69) is 39.1 Å². The third-order valence-electron chi connectivity index (χ3n) is 5.48. The Labute approximate surface area is 148 Å². The third kappa shape index (κ3) is 3.13. The molecule has 25 heavy (non-hydrogen) atoms. The lowest BCUT2D eigenvalue weighted by Gasteiger charge is -2.37. The summed E-state index contributed by atoms with van der Waals surface area (Å²) in [7, 11) is 0. The Kier molecular flexibility index (Phi) is 4.19. The summed E-state index contributed by atoms with van der Waals surface area (Å²) in [5.74, 6) is 1.77. The molecule has 6 nitrogen and oxygen atoms in total. The molecule has 0 saturated carbocycles. The van der Waals surface area contributed by atoms with Gasteiger partial charge in [0.15, 0.2) is 0 Å². The van der Waals surface area contributed by atoms with Gasteiger partial charge in [0.05, 0.1) is 6.20 Å². The minimum absolute atomic E-state index is 0.127. The van der Waals surface area contributed by atoms with Crippen molar-refractivity contribution < 1.29 is 4.79 Å². The second-order valence-electron chi connectivity index (χ2n) is 7.38. The molecule has 132 valence electrons. The second-order valence-corrected chi connectivity index (χ2v) is 7.38. The van der Waals surface area contributed by atoms with Crippen molar-refractivity contribution in [3.8, 4) is 0 Å². The fourth-order valence-electron chi connectivity index (χ4n) is 3.99. The highest BCUT2D eigenvalue weighted by molar-refractivity contribution is 5.79. The van der Waals surface area contributed by atoms with Crippen molar-refractivity contribution in [3.63, 3.8) is 0 Å². The number of hydrogen-bond donors (Lipinski definition) is 1. The standard InChI is InChI=1S/C19H25N5O/c1-13-3-4-17(20-9-13)23-7-5-15(6-8-23)19(25)24-11-14(2)18-16(12-24)10-21-22-18/h3-4,9-10,14-15H,5-8,11-12H2,1-2H3,(H,21,22). The smallest absolute Gasteiger partial charge is 0.226 e. The van der Waals surface area contributed by atoms with Gasteiger partial charge in [0, 0.05) is 55.5 Å². The van der Waals surface area contributed by atoms with E-state index in [9.17, 15) is 4.79 Å². The van der Waals surface area contributed by atoms with Crippen molar-refractivity contribution in [1.29, 1.82) is 0 Å². The summed E-state index contributed by atoms with van der Waals surface area (Å²) < 4.78 is 0. The van der Waals surface area contributed by atoms with Crippen LogP contribution in [0.5, 0.6) is 0 Å². The SMILES string of the molecule is Cc1ccc(N2CCC(C(=O)N3Cc4cn[nH]c4C(C)C3)CC2)nc1. The number of anilines is 1. The van der Waals surface area contributed by atoms with Gasteiger partial charge in [-0.2, -0.15) is 5.10 Å². The molecule has 1 amide bonds. The largest absolute Gasteiger partial charge is 0.357 e. The number of pyridine rings is 1. The van der Waals surface area contributed by atoms with Gasteiger partial charge < -0.3 is 9.80 Å². The first-order valence-electron chi connectivity index (χ1n) is 9.10. The lowest BCUT2D eigenvalue weighted by Crippen LogP contribution is -2.45. The van der Waals surface area contributed by atoms with E-state index in [0.717, 1.165) is 43.9 Å². The third-order valence-corrected chi connectivity index (χ3v) is 5.48. The summed E-state index contributed by atoms with van der Waals surface area (Å²) >= 11 is 0. The van der Waals surface area contributed by atoms with Crippen molar-refractivity contribution in [2.24, 2.45) is 5.92 Å². The fourth-order valence-corrected chi connectivity index (χ4v) is 3.99. The number of nitrogens with zero attached hydrogens (tertiary/aromatic N) is 4. The number of carbonyl (C=O) groups excluding carboxylic acids is 1. The molecule has 2 aromatic rings. The first-order chi connectivity index (χ1) is 12.1. The lowest BCUT2D eigenvalue weighted by atomic mass is 9.92. The highest BCUT2D eigenvalue weighted by Gasteiger charge is 2.33. The second kappa shape index (κ2) is 6.50. The van der Waals surface area contributed by atoms with Crippen LogP contribution in [-0.4, -0.2) is 45.6 Å². The Hall–Kier alpha value is -2.37. The molecule has 1 fully saturated rings. The maximum atomic E-state index is 13.0. The van der Waals surface area contributed by atoms with Gasteiger partial charge in [-0.3, -0.25) is 9.89 Å². The first kappa shape index (κ1) is 16.1. The molecule has 0 aliphatic carbocycles. The van der Waals surface area contributed by atoms with Gasteiger partial charge in [-0.15, -0.1) is 0 Å². The monoisotopic (exact) mass is 339 g/mol. The van der Waals surface area contributed by atoms with Gasteiger partial charge in [-0.25, -0.2) is 4.98 Å². The molecule has 1 saturated heterocycles. The van der Waals surface area contributed by atoms with E-state index in [1.807, 2.05) is 24.2 Å². The Morgan fingerprint density at radius 3 is 2.76 bits per heavy atom. The Morgan fingerprint density at radius 1 is 1.24 bits per heavy atom. The number of piperidine rings is 1. The zero-order chi connectivity index (χ0) is 17.4. The van der Waals surface area contributed by atoms with Crippen LogP contribution in [0.1, 0.15) is 42.5 Å². The maximum Gasteiger partial charge on any atom is 0.226 e. The summed E-state index contributed by atoms with van der Waals surface area (Å²) in [6.45, 7) is 7.47. The van der Waals surface area contributed by atoms with Crippen LogP contribution < -0.4 is 4.90 Å². The van der Waals surface area contributed by atoms with Crippen LogP contribution >= 0.6 is 0 Å². The van der Waals surface area contributed by atoms with Gasteiger partial charge in [0.2, 0.25) is 5.91 Å². The van der Waals surface area contributed by atoms with Crippen molar-refractivity contribution in [2.45, 2.75) is 39.2 Å². The summed E-state index contributed by atoms with van der Waals surface area (Å²) in [6.07, 6.45) is 5.57. The Morgan fingerprint density at radius 2 is 2.04 bits per heavy atom. The predicted molar refractivity (Wildman–Crippen MR) is 96.3 cm³/mol. The van der Waals surface area contributed by atoms with E-state index >= 15 is 0 Å². The molecule has 0 bridgehead atoms. The maximum absolute atomic E-state index is 13.0. The number of nitrogens with one attached hydrogen (secondary N) is 1. The molecule has 0 spiro atoms. The van der Waals surface area contributed by atoms with Gasteiger partial charge in [-0.1, -0.05) is 13.0 Å². The van der Waals surface area contributed by atoms with Crippen LogP contribution in [0.4, 0.5) is 5.82 Å². The number of carbonyl (C=O) groups is 1. The van der Waals surface area contributed by atoms with Crippen LogP contribution in [0.2, 0.25) is 0 Å². The van der Waals surface area contributed by atoms with E-state index < -0.39 is 0 Å². The molecule has 1 N–H and O–H groups in total. The zero-order valence-electron chi connectivity index (χ0n) is 14.9. The molecule has 2 aliphatic heterocycles. The summed E-state index contributed by atoms with van der Waals surface area (Å²) in [5, 5.41) is 7.21. The molecule has 0 radical (unpaired) electrons. The minimum atomic E-state index is 0.127. The van der Waals surface area contributed by atoms with Gasteiger partial charge in [0.25, 0.3) is 0 Å². The van der Waals surface area contributed by atoms with Crippen LogP contribution in [0, 0.1) is 12.8 Å². The number of H-pyrrole nitrogens is 1. The summed E-state index contributed by atoms with van der Waals surface area (Å²) in [4.78, 5) is 21.8. The number of aryl methyl sites for hydroxylation is 1. The first-order valence-corrected chi connectivity index (χ1v) is 9.10. The molecule has 2 aromatic heterocycles. The van der Waals surface area contributed by atoms with Crippen molar-refractivity contribution >= 4 is 11.7 Å². The zero-order valence-corrected chi connectivity index (χ0v) is 14.9. The van der Waals surface area contributed by atoms with Crippen molar-refractivity contribution in [2.75, 3.05) is 24.5 Å². The molecular formula is C19H25N5O. The minimum Gasteiger partial charge on any atom is -0.357 e. The van der Waals surface area contributed by atoms with E-state index in [0.29, 0.717) is 18.4 Å². The number of fused-ring (bicyclic) bond motifs is 1. The topological polar surface area (TPSA) is 65.1 Å². The highest BCUT2D eigenvalue weighted by atomic mass is 16.2. The molecule has 1 atom stereocenters. The van der Waals surface area contributed by atoms with Crippen LogP contribution in [0.3, 0.4) is 0 Å². The van der Waals surface area contributed by atoms with Gasteiger partial charge in [-0.05, 0) is 31.4 Å². The molecule has 6 heteroatoms. The predicted octanol–water partition coefficient (Wildman–Crippen LogP) is 2.48. The van der Waals surface area contributed by atoms with E-state index in [-0.39, 0.29) is 5.92 Å². The quantitative estimate of drug-likeness (QED) is 0.913. The molecule has 0 aromatic carbocycles. The van der Waals surface area contributed by atoms with Crippen molar-refractivity contribution in [3.05, 3.63) is 41.3 Å². The average molecular weight is 339 g/mol. The lowest BCUT2D eigenvalue weighted by molar-refractivity contribution is -0.137. The number of rotatable bonds is 2. The van der Waals surface area contributed by atoms with E-state index in [1.54, 1.807) is 0 Å².